The minimum absolute atomic E-state index is 0.801. The molecule has 0 aliphatic heterocycles. The van der Waals surface area contributed by atoms with Crippen molar-refractivity contribution >= 4 is 16.5 Å². The van der Waals surface area contributed by atoms with Gasteiger partial charge in [-0.25, -0.2) is 10.8 Å². The highest BCUT2D eigenvalue weighted by Gasteiger charge is 2.20. The maximum atomic E-state index is 5.32. The largest absolute Gasteiger partial charge is 0.300 e. The molecule has 16 heavy (non-hydrogen) atoms. The third kappa shape index (κ3) is 2.93. The number of aromatic nitrogens is 1. The third-order valence-corrected chi connectivity index (χ3v) is 4.16. The van der Waals surface area contributed by atoms with E-state index >= 15 is 0 Å². The van der Waals surface area contributed by atoms with Crippen LogP contribution in [0.4, 0.5) is 5.13 Å². The highest BCUT2D eigenvalue weighted by Crippen LogP contribution is 2.28. The molecule has 0 aromatic carbocycles. The van der Waals surface area contributed by atoms with Crippen molar-refractivity contribution in [3.8, 4) is 0 Å². The topological polar surface area (TPSA) is 54.2 Å². The number of hydrogen-bond donors (Lipinski definition) is 2. The molecule has 1 aromatic heterocycles. The van der Waals surface area contributed by atoms with Gasteiger partial charge in [-0.3, -0.25) is 10.3 Å². The first-order chi connectivity index (χ1) is 7.81. The molecule has 5 heteroatoms. The van der Waals surface area contributed by atoms with E-state index in [2.05, 4.69) is 22.2 Å². The third-order valence-electron chi connectivity index (χ3n) is 3.24. The second-order valence-electron chi connectivity index (χ2n) is 4.40. The molecular weight excluding hydrogens is 220 g/mol. The molecule has 1 fully saturated rings. The second kappa shape index (κ2) is 5.61. The zero-order valence-electron chi connectivity index (χ0n) is 9.78. The Morgan fingerprint density at radius 1 is 1.62 bits per heavy atom. The minimum Gasteiger partial charge on any atom is -0.300 e. The second-order valence-corrected chi connectivity index (χ2v) is 5.52. The maximum Gasteiger partial charge on any atom is 0.197 e. The lowest BCUT2D eigenvalue weighted by Crippen LogP contribution is -2.31. The van der Waals surface area contributed by atoms with Gasteiger partial charge in [0.1, 0.15) is 0 Å². The van der Waals surface area contributed by atoms with Gasteiger partial charge < -0.3 is 0 Å². The minimum atomic E-state index is 0.801. The molecule has 0 spiro atoms. The number of nitrogens with two attached hydrogens (primary N) is 1. The summed E-state index contributed by atoms with van der Waals surface area (Å²) in [6.07, 6.45) is 6.16. The van der Waals surface area contributed by atoms with E-state index in [1.165, 1.54) is 30.7 Å². The van der Waals surface area contributed by atoms with Gasteiger partial charge in [0.2, 0.25) is 0 Å². The van der Waals surface area contributed by atoms with Crippen LogP contribution >= 0.6 is 11.3 Å². The molecule has 1 heterocycles. The summed E-state index contributed by atoms with van der Waals surface area (Å²) in [6.45, 7) is 5.58. The number of rotatable bonds is 6. The van der Waals surface area contributed by atoms with Crippen molar-refractivity contribution in [3.05, 3.63) is 11.1 Å². The Balaban J connectivity index is 1.84. The lowest BCUT2D eigenvalue weighted by molar-refractivity contribution is 0.179. The number of anilines is 1. The van der Waals surface area contributed by atoms with Crippen molar-refractivity contribution in [2.75, 3.05) is 18.5 Å². The molecule has 2 rings (SSSR count). The Hall–Kier alpha value is -0.650. The average molecular weight is 240 g/mol. The normalized spacial score (nSPS) is 16.4. The maximum absolute atomic E-state index is 5.32. The summed E-state index contributed by atoms with van der Waals surface area (Å²) >= 11 is 1.64. The number of nitrogens with one attached hydrogen (secondary N) is 1. The van der Waals surface area contributed by atoms with Crippen LogP contribution in [0.5, 0.6) is 0 Å². The molecule has 0 unspecified atom stereocenters. The summed E-state index contributed by atoms with van der Waals surface area (Å²) < 4.78 is 0. The van der Waals surface area contributed by atoms with Gasteiger partial charge >= 0.3 is 0 Å². The molecule has 0 radical (unpaired) electrons. The molecule has 4 nitrogen and oxygen atoms in total. The van der Waals surface area contributed by atoms with Gasteiger partial charge in [-0.05, 0) is 25.3 Å². The fraction of sp³-hybridized carbons (Fsp3) is 0.727. The van der Waals surface area contributed by atoms with Crippen molar-refractivity contribution < 1.29 is 0 Å². The van der Waals surface area contributed by atoms with Gasteiger partial charge in [0.05, 0.1) is 0 Å². The molecule has 3 N–H and O–H groups in total. The smallest absolute Gasteiger partial charge is 0.197 e. The van der Waals surface area contributed by atoms with E-state index < -0.39 is 0 Å². The van der Waals surface area contributed by atoms with Crippen molar-refractivity contribution in [1.82, 2.24) is 9.88 Å². The standard InChI is InChI=1S/C11H20N4S/c1-2-15(7-9-4-3-5-9)8-10-6-13-11(14-12)16-10/h6,9H,2-5,7-8,12H2,1H3,(H,13,14). The van der Waals surface area contributed by atoms with Crippen LogP contribution in [0.2, 0.25) is 0 Å². The molecule has 0 saturated heterocycles. The van der Waals surface area contributed by atoms with Crippen LogP contribution in [0.3, 0.4) is 0 Å². The lowest BCUT2D eigenvalue weighted by atomic mass is 9.85. The number of nitrogen functional groups attached to an aromatic ring is 1. The van der Waals surface area contributed by atoms with Crippen LogP contribution in [0.15, 0.2) is 6.20 Å². The highest BCUT2D eigenvalue weighted by molar-refractivity contribution is 7.15. The van der Waals surface area contributed by atoms with Crippen LogP contribution in [-0.2, 0) is 6.54 Å². The number of nitrogens with zero attached hydrogens (tertiary/aromatic N) is 2. The Bertz CT molecular complexity index is 322. The molecule has 1 aromatic rings. The van der Waals surface area contributed by atoms with E-state index in [0.29, 0.717) is 0 Å². The van der Waals surface area contributed by atoms with Crippen LogP contribution in [0.25, 0.3) is 0 Å². The van der Waals surface area contributed by atoms with E-state index in [1.54, 1.807) is 11.3 Å². The Morgan fingerprint density at radius 3 is 2.94 bits per heavy atom. The van der Waals surface area contributed by atoms with Crippen molar-refractivity contribution in [2.24, 2.45) is 11.8 Å². The van der Waals surface area contributed by atoms with Crippen LogP contribution in [0.1, 0.15) is 31.1 Å². The van der Waals surface area contributed by atoms with E-state index in [0.717, 1.165) is 24.1 Å². The van der Waals surface area contributed by atoms with E-state index in [-0.39, 0.29) is 0 Å². The van der Waals surface area contributed by atoms with E-state index in [1.807, 2.05) is 6.20 Å². The Morgan fingerprint density at radius 2 is 2.44 bits per heavy atom. The number of hydrazine groups is 1. The lowest BCUT2D eigenvalue weighted by Gasteiger charge is -2.31. The first kappa shape index (κ1) is 11.8. The van der Waals surface area contributed by atoms with Gasteiger partial charge in [-0.1, -0.05) is 24.7 Å². The van der Waals surface area contributed by atoms with Crippen molar-refractivity contribution in [3.63, 3.8) is 0 Å². The van der Waals surface area contributed by atoms with Gasteiger partial charge in [0, 0.05) is 24.2 Å². The zero-order chi connectivity index (χ0) is 11.4. The van der Waals surface area contributed by atoms with Crippen LogP contribution in [-0.4, -0.2) is 23.0 Å². The zero-order valence-corrected chi connectivity index (χ0v) is 10.6. The van der Waals surface area contributed by atoms with Crippen LogP contribution < -0.4 is 11.3 Å². The first-order valence-electron chi connectivity index (χ1n) is 5.95. The number of thiazole rings is 1. The molecule has 0 bridgehead atoms. The summed E-state index contributed by atoms with van der Waals surface area (Å²) in [7, 11) is 0. The molecule has 0 atom stereocenters. The van der Waals surface area contributed by atoms with Crippen molar-refractivity contribution in [2.45, 2.75) is 32.7 Å². The van der Waals surface area contributed by atoms with Gasteiger partial charge in [0.25, 0.3) is 0 Å². The SMILES string of the molecule is CCN(Cc1cnc(NN)s1)CC1CCC1. The van der Waals surface area contributed by atoms with E-state index in [4.69, 9.17) is 5.84 Å². The summed E-state index contributed by atoms with van der Waals surface area (Å²) in [6, 6.07) is 0. The summed E-state index contributed by atoms with van der Waals surface area (Å²) in [5, 5.41) is 0.801. The first-order valence-corrected chi connectivity index (χ1v) is 6.77. The molecular formula is C11H20N4S. The summed E-state index contributed by atoms with van der Waals surface area (Å²) in [5.74, 6) is 6.25. The molecule has 0 amide bonds. The quantitative estimate of drug-likeness (QED) is 0.590. The summed E-state index contributed by atoms with van der Waals surface area (Å²) in [4.78, 5) is 7.97. The van der Waals surface area contributed by atoms with E-state index in [9.17, 15) is 0 Å². The fourth-order valence-corrected chi connectivity index (χ4v) is 2.78. The Kier molecular flexibility index (Phi) is 4.15. The van der Waals surface area contributed by atoms with Gasteiger partial charge in [0.15, 0.2) is 5.13 Å². The monoisotopic (exact) mass is 240 g/mol. The van der Waals surface area contributed by atoms with Gasteiger partial charge in [-0.15, -0.1) is 0 Å². The fourth-order valence-electron chi connectivity index (χ4n) is 2.01. The molecule has 1 aliphatic rings. The number of hydrogen-bond acceptors (Lipinski definition) is 5. The highest BCUT2D eigenvalue weighted by atomic mass is 32.1. The molecule has 1 saturated carbocycles. The predicted molar refractivity (Wildman–Crippen MR) is 68.2 cm³/mol. The molecule has 90 valence electrons. The molecule has 1 aliphatic carbocycles. The average Bonchev–Trinajstić information content (AvgIpc) is 2.69. The van der Waals surface area contributed by atoms with Crippen LogP contribution in [0, 0.1) is 5.92 Å². The Labute approximate surface area is 101 Å². The van der Waals surface area contributed by atoms with Gasteiger partial charge in [-0.2, -0.15) is 0 Å². The summed E-state index contributed by atoms with van der Waals surface area (Å²) in [5.41, 5.74) is 2.59. The predicted octanol–water partition coefficient (Wildman–Crippen LogP) is 2.05. The van der Waals surface area contributed by atoms with Crippen molar-refractivity contribution in [1.29, 1.82) is 0 Å².